The summed E-state index contributed by atoms with van der Waals surface area (Å²) in [6.45, 7) is 0. The minimum absolute atomic E-state index is 0.0151. The molecule has 1 aromatic heterocycles. The Bertz CT molecular complexity index is 954. The molecular formula is C17H10ClF4N3O. The fourth-order valence-electron chi connectivity index (χ4n) is 2.33. The average Bonchev–Trinajstić information content (AvgIpc) is 3.04. The van der Waals surface area contributed by atoms with E-state index in [1.54, 1.807) is 18.2 Å². The van der Waals surface area contributed by atoms with Crippen molar-refractivity contribution in [3.05, 3.63) is 76.8 Å². The molecule has 1 heterocycles. The van der Waals surface area contributed by atoms with Gasteiger partial charge in [0, 0.05) is 0 Å². The zero-order valence-electron chi connectivity index (χ0n) is 12.9. The molecule has 0 radical (unpaired) electrons. The fraction of sp³-hybridized carbons (Fsp3) is 0.0588. The highest BCUT2D eigenvalue weighted by atomic mass is 35.5. The molecule has 0 aliphatic rings. The van der Waals surface area contributed by atoms with E-state index in [-0.39, 0.29) is 16.4 Å². The van der Waals surface area contributed by atoms with E-state index in [2.05, 4.69) is 10.4 Å². The smallest absolute Gasteiger partial charge is 0.321 e. The van der Waals surface area contributed by atoms with Crippen molar-refractivity contribution in [3.63, 3.8) is 0 Å². The number of amides is 1. The van der Waals surface area contributed by atoms with Crippen molar-refractivity contribution in [2.75, 3.05) is 5.32 Å². The van der Waals surface area contributed by atoms with E-state index in [0.717, 1.165) is 24.4 Å². The topological polar surface area (TPSA) is 46.9 Å². The highest BCUT2D eigenvalue weighted by Gasteiger charge is 2.40. The zero-order chi connectivity index (χ0) is 18.9. The fourth-order valence-corrected chi connectivity index (χ4v) is 2.55. The molecule has 1 N–H and O–H groups in total. The molecule has 1 amide bonds. The molecule has 0 saturated carbocycles. The van der Waals surface area contributed by atoms with Gasteiger partial charge >= 0.3 is 6.18 Å². The van der Waals surface area contributed by atoms with Crippen LogP contribution in [0.2, 0.25) is 5.02 Å². The molecule has 134 valence electrons. The lowest BCUT2D eigenvalue weighted by atomic mass is 10.2. The minimum Gasteiger partial charge on any atom is -0.321 e. The van der Waals surface area contributed by atoms with Crippen LogP contribution in [0.4, 0.5) is 23.2 Å². The standard InChI is InChI=1S/C17H10ClF4N3O/c18-13-8-10(19)6-7-14(13)24-16(26)12-9-23-25(15(12)17(20,21)22)11-4-2-1-3-5-11/h1-9H,(H,24,26). The van der Waals surface area contributed by atoms with Crippen LogP contribution in [0.3, 0.4) is 0 Å². The predicted molar refractivity (Wildman–Crippen MR) is 87.9 cm³/mol. The van der Waals surface area contributed by atoms with E-state index in [9.17, 15) is 22.4 Å². The SMILES string of the molecule is O=C(Nc1ccc(F)cc1Cl)c1cnn(-c2ccccc2)c1C(F)(F)F. The Balaban J connectivity index is 2.02. The van der Waals surface area contributed by atoms with Gasteiger partial charge in [-0.05, 0) is 30.3 Å². The maximum Gasteiger partial charge on any atom is 0.434 e. The van der Waals surface area contributed by atoms with Gasteiger partial charge in [-0.1, -0.05) is 29.8 Å². The van der Waals surface area contributed by atoms with Crippen LogP contribution in [0.25, 0.3) is 5.69 Å². The van der Waals surface area contributed by atoms with Gasteiger partial charge in [-0.25, -0.2) is 9.07 Å². The molecule has 0 atom stereocenters. The summed E-state index contributed by atoms with van der Waals surface area (Å²) in [6.07, 6.45) is -4.01. The summed E-state index contributed by atoms with van der Waals surface area (Å²) in [4.78, 5) is 12.3. The Morgan fingerprint density at radius 2 is 1.81 bits per heavy atom. The predicted octanol–water partition coefficient (Wildman–Crippen LogP) is 4.94. The number of rotatable bonds is 3. The van der Waals surface area contributed by atoms with E-state index in [4.69, 9.17) is 11.6 Å². The largest absolute Gasteiger partial charge is 0.434 e. The van der Waals surface area contributed by atoms with Crippen molar-refractivity contribution in [3.8, 4) is 5.69 Å². The number of para-hydroxylation sites is 1. The normalized spacial score (nSPS) is 11.4. The molecule has 0 saturated heterocycles. The molecule has 0 aliphatic carbocycles. The first-order chi connectivity index (χ1) is 12.3. The van der Waals surface area contributed by atoms with Gasteiger partial charge in [-0.2, -0.15) is 18.3 Å². The average molecular weight is 384 g/mol. The first-order valence-electron chi connectivity index (χ1n) is 7.24. The lowest BCUT2D eigenvalue weighted by molar-refractivity contribution is -0.143. The number of alkyl halides is 3. The van der Waals surface area contributed by atoms with Crippen LogP contribution in [-0.4, -0.2) is 15.7 Å². The molecule has 0 fully saturated rings. The number of hydrogen-bond donors (Lipinski definition) is 1. The number of nitrogens with one attached hydrogen (secondary N) is 1. The highest BCUT2D eigenvalue weighted by Crippen LogP contribution is 2.34. The Morgan fingerprint density at radius 1 is 1.12 bits per heavy atom. The summed E-state index contributed by atoms with van der Waals surface area (Å²) < 4.78 is 54.3. The van der Waals surface area contributed by atoms with Crippen LogP contribution in [0.1, 0.15) is 16.1 Å². The second-order valence-electron chi connectivity index (χ2n) is 5.23. The van der Waals surface area contributed by atoms with Crippen molar-refractivity contribution in [1.82, 2.24) is 9.78 Å². The molecular weight excluding hydrogens is 374 g/mol. The van der Waals surface area contributed by atoms with Crippen LogP contribution in [0.15, 0.2) is 54.7 Å². The van der Waals surface area contributed by atoms with Gasteiger partial charge in [0.2, 0.25) is 0 Å². The van der Waals surface area contributed by atoms with E-state index in [1.165, 1.54) is 12.1 Å². The van der Waals surface area contributed by atoms with Crippen LogP contribution in [0.5, 0.6) is 0 Å². The first-order valence-corrected chi connectivity index (χ1v) is 7.62. The van der Waals surface area contributed by atoms with E-state index in [1.807, 2.05) is 0 Å². The Morgan fingerprint density at radius 3 is 2.42 bits per heavy atom. The number of aromatic nitrogens is 2. The Labute approximate surface area is 150 Å². The summed E-state index contributed by atoms with van der Waals surface area (Å²) in [5.74, 6) is -1.70. The molecule has 2 aromatic carbocycles. The molecule has 4 nitrogen and oxygen atoms in total. The second-order valence-corrected chi connectivity index (χ2v) is 5.64. The van der Waals surface area contributed by atoms with Crippen molar-refractivity contribution < 1.29 is 22.4 Å². The van der Waals surface area contributed by atoms with Gasteiger partial charge in [-0.3, -0.25) is 4.79 Å². The summed E-state index contributed by atoms with van der Waals surface area (Å²) in [5.41, 5.74) is -1.77. The number of halogens is 5. The van der Waals surface area contributed by atoms with Gasteiger partial charge in [-0.15, -0.1) is 0 Å². The number of carbonyl (C=O) groups excluding carboxylic acids is 1. The third-order valence-electron chi connectivity index (χ3n) is 3.46. The first kappa shape index (κ1) is 17.9. The maximum absolute atomic E-state index is 13.5. The van der Waals surface area contributed by atoms with Crippen LogP contribution < -0.4 is 5.32 Å². The quantitative estimate of drug-likeness (QED) is 0.651. The number of benzene rings is 2. The summed E-state index contributed by atoms with van der Waals surface area (Å²) >= 11 is 5.79. The lowest BCUT2D eigenvalue weighted by Gasteiger charge is -2.13. The van der Waals surface area contributed by atoms with E-state index < -0.39 is 29.2 Å². The third kappa shape index (κ3) is 3.55. The summed E-state index contributed by atoms with van der Waals surface area (Å²) in [5, 5.41) is 5.80. The molecule has 0 spiro atoms. The molecule has 26 heavy (non-hydrogen) atoms. The van der Waals surface area contributed by atoms with Gasteiger partial charge < -0.3 is 5.32 Å². The van der Waals surface area contributed by atoms with Gasteiger partial charge in [0.25, 0.3) is 5.91 Å². The summed E-state index contributed by atoms with van der Waals surface area (Å²) in [7, 11) is 0. The monoisotopic (exact) mass is 383 g/mol. The number of anilines is 1. The Hall–Kier alpha value is -2.87. The van der Waals surface area contributed by atoms with E-state index in [0.29, 0.717) is 4.68 Å². The van der Waals surface area contributed by atoms with Crippen molar-refractivity contribution in [2.45, 2.75) is 6.18 Å². The van der Waals surface area contributed by atoms with Crippen LogP contribution in [0, 0.1) is 5.82 Å². The third-order valence-corrected chi connectivity index (χ3v) is 3.78. The summed E-state index contributed by atoms with van der Waals surface area (Å²) in [6, 6.07) is 10.7. The number of carbonyl (C=O) groups is 1. The van der Waals surface area contributed by atoms with Crippen molar-refractivity contribution >= 4 is 23.2 Å². The number of nitrogens with zero attached hydrogens (tertiary/aromatic N) is 2. The molecule has 0 bridgehead atoms. The molecule has 3 aromatic rings. The second kappa shape index (κ2) is 6.80. The molecule has 3 rings (SSSR count). The maximum atomic E-state index is 13.5. The van der Waals surface area contributed by atoms with Gasteiger partial charge in [0.15, 0.2) is 5.69 Å². The number of hydrogen-bond acceptors (Lipinski definition) is 2. The van der Waals surface area contributed by atoms with Crippen LogP contribution >= 0.6 is 11.6 Å². The Kier molecular flexibility index (Phi) is 4.69. The van der Waals surface area contributed by atoms with Gasteiger partial charge in [0.05, 0.1) is 28.2 Å². The zero-order valence-corrected chi connectivity index (χ0v) is 13.6. The highest BCUT2D eigenvalue weighted by molar-refractivity contribution is 6.33. The minimum atomic E-state index is -4.83. The van der Waals surface area contributed by atoms with Gasteiger partial charge in [0.1, 0.15) is 5.82 Å². The lowest BCUT2D eigenvalue weighted by Crippen LogP contribution is -2.20. The molecule has 9 heteroatoms. The van der Waals surface area contributed by atoms with Crippen molar-refractivity contribution in [2.24, 2.45) is 0 Å². The molecule has 0 aliphatic heterocycles. The molecule has 0 unspecified atom stereocenters. The van der Waals surface area contributed by atoms with E-state index >= 15 is 0 Å². The van der Waals surface area contributed by atoms with Crippen LogP contribution in [-0.2, 0) is 6.18 Å². The van der Waals surface area contributed by atoms with Crippen molar-refractivity contribution in [1.29, 1.82) is 0 Å².